The zero-order chi connectivity index (χ0) is 18.1. The van der Waals surface area contributed by atoms with E-state index in [0.717, 1.165) is 11.1 Å². The first-order chi connectivity index (χ1) is 11.1. The lowest BCUT2D eigenvalue weighted by Crippen LogP contribution is -2.37. The molecule has 2 heterocycles. The minimum absolute atomic E-state index is 0.0879. The molecular formula is C13H18F3N7O. The number of hydrogen-bond donors (Lipinski definition) is 2. The molecule has 2 aromatic rings. The van der Waals surface area contributed by atoms with Crippen LogP contribution in [0.2, 0.25) is 0 Å². The molecule has 0 radical (unpaired) electrons. The van der Waals surface area contributed by atoms with E-state index in [2.05, 4.69) is 25.5 Å². The van der Waals surface area contributed by atoms with Crippen LogP contribution in [-0.2, 0) is 6.18 Å². The van der Waals surface area contributed by atoms with Crippen LogP contribution in [0, 0.1) is 12.8 Å². The van der Waals surface area contributed by atoms with Crippen molar-refractivity contribution in [1.82, 2.24) is 35.3 Å². The van der Waals surface area contributed by atoms with Gasteiger partial charge in [-0.3, -0.25) is 9.89 Å². The molecule has 0 aliphatic rings. The fraction of sp³-hybridized carbons (Fsp3) is 0.615. The second-order valence-corrected chi connectivity index (χ2v) is 5.52. The molecule has 8 nitrogen and oxygen atoms in total. The van der Waals surface area contributed by atoms with Gasteiger partial charge in [-0.05, 0) is 19.8 Å². The van der Waals surface area contributed by atoms with Crippen molar-refractivity contribution in [2.45, 2.75) is 46.3 Å². The predicted molar refractivity (Wildman–Crippen MR) is 77.4 cm³/mol. The van der Waals surface area contributed by atoms with Gasteiger partial charge in [-0.15, -0.1) is 10.2 Å². The highest BCUT2D eigenvalue weighted by Gasteiger charge is 2.35. The lowest BCUT2D eigenvalue weighted by atomic mass is 10.0. The monoisotopic (exact) mass is 345 g/mol. The number of aromatic amines is 1. The fourth-order valence-corrected chi connectivity index (χ4v) is 1.92. The van der Waals surface area contributed by atoms with E-state index in [4.69, 9.17) is 0 Å². The smallest absolute Gasteiger partial charge is 0.347 e. The molecular weight excluding hydrogens is 327 g/mol. The summed E-state index contributed by atoms with van der Waals surface area (Å²) in [6, 6.07) is -0.0879. The highest BCUT2D eigenvalue weighted by atomic mass is 19.4. The number of halogens is 3. The van der Waals surface area contributed by atoms with E-state index < -0.39 is 17.9 Å². The summed E-state index contributed by atoms with van der Waals surface area (Å²) in [6.07, 6.45) is -3.76. The van der Waals surface area contributed by atoms with Crippen molar-refractivity contribution in [3.63, 3.8) is 0 Å². The van der Waals surface area contributed by atoms with Crippen molar-refractivity contribution < 1.29 is 18.0 Å². The third-order valence-corrected chi connectivity index (χ3v) is 3.76. The minimum atomic E-state index is -4.65. The highest BCUT2D eigenvalue weighted by Crippen LogP contribution is 2.26. The Hall–Kier alpha value is -2.46. The van der Waals surface area contributed by atoms with Crippen molar-refractivity contribution in [3.8, 4) is 5.95 Å². The summed E-state index contributed by atoms with van der Waals surface area (Å²) in [4.78, 5) is 19.4. The van der Waals surface area contributed by atoms with Gasteiger partial charge in [-0.1, -0.05) is 20.3 Å². The van der Waals surface area contributed by atoms with E-state index in [1.54, 1.807) is 5.10 Å². The summed E-state index contributed by atoms with van der Waals surface area (Å²) < 4.78 is 38.7. The Morgan fingerprint density at radius 3 is 2.54 bits per heavy atom. The Labute approximate surface area is 135 Å². The van der Waals surface area contributed by atoms with Crippen molar-refractivity contribution in [3.05, 3.63) is 17.5 Å². The Kier molecular flexibility index (Phi) is 4.90. The van der Waals surface area contributed by atoms with Gasteiger partial charge in [0.1, 0.15) is 5.82 Å². The van der Waals surface area contributed by atoms with Gasteiger partial charge >= 0.3 is 6.18 Å². The summed E-state index contributed by atoms with van der Waals surface area (Å²) in [5, 5.41) is 11.9. The average molecular weight is 345 g/mol. The third-order valence-electron chi connectivity index (χ3n) is 3.76. The van der Waals surface area contributed by atoms with E-state index in [1.807, 2.05) is 20.8 Å². The molecule has 2 N–H and O–H groups in total. The first-order valence-electron chi connectivity index (χ1n) is 7.38. The number of aryl methyl sites for hydroxylation is 1. The molecule has 0 aromatic carbocycles. The second kappa shape index (κ2) is 6.57. The quantitative estimate of drug-likeness (QED) is 0.861. The van der Waals surface area contributed by atoms with E-state index in [9.17, 15) is 18.0 Å². The maximum absolute atomic E-state index is 12.6. The van der Waals surface area contributed by atoms with Gasteiger partial charge in [0.05, 0.1) is 0 Å². The summed E-state index contributed by atoms with van der Waals surface area (Å²) in [5.41, 5.74) is 0. The van der Waals surface area contributed by atoms with Crippen molar-refractivity contribution in [1.29, 1.82) is 0 Å². The van der Waals surface area contributed by atoms with Crippen LogP contribution in [0.1, 0.15) is 49.5 Å². The molecule has 2 unspecified atom stereocenters. The van der Waals surface area contributed by atoms with Crippen LogP contribution in [0.25, 0.3) is 5.95 Å². The van der Waals surface area contributed by atoms with Gasteiger partial charge in [-0.25, -0.2) is 4.98 Å². The lowest BCUT2D eigenvalue weighted by Gasteiger charge is -2.18. The van der Waals surface area contributed by atoms with Crippen LogP contribution in [0.3, 0.4) is 0 Å². The van der Waals surface area contributed by atoms with E-state index in [-0.39, 0.29) is 29.6 Å². The fourth-order valence-electron chi connectivity index (χ4n) is 1.92. The molecule has 11 heteroatoms. The molecule has 0 fully saturated rings. The molecule has 0 bridgehead atoms. The largest absolute Gasteiger partial charge is 0.451 e. The zero-order valence-electron chi connectivity index (χ0n) is 13.6. The summed E-state index contributed by atoms with van der Waals surface area (Å²) in [6.45, 7) is 7.35. The number of hydrogen-bond acceptors (Lipinski definition) is 5. The Morgan fingerprint density at radius 1 is 1.33 bits per heavy atom. The normalized spacial score (nSPS) is 14.5. The van der Waals surface area contributed by atoms with Crippen LogP contribution >= 0.6 is 0 Å². The number of carbonyl (C=O) groups is 1. The van der Waals surface area contributed by atoms with Crippen LogP contribution in [-0.4, -0.2) is 41.9 Å². The molecule has 0 spiro atoms. The van der Waals surface area contributed by atoms with Crippen molar-refractivity contribution >= 4 is 5.91 Å². The van der Waals surface area contributed by atoms with Crippen LogP contribution in [0.5, 0.6) is 0 Å². The van der Waals surface area contributed by atoms with E-state index >= 15 is 0 Å². The molecule has 0 saturated carbocycles. The van der Waals surface area contributed by atoms with Gasteiger partial charge in [0.25, 0.3) is 11.9 Å². The van der Waals surface area contributed by atoms with E-state index in [1.165, 1.54) is 6.92 Å². The minimum Gasteiger partial charge on any atom is -0.347 e. The molecule has 24 heavy (non-hydrogen) atoms. The molecule has 132 valence electrons. The van der Waals surface area contributed by atoms with Gasteiger partial charge in [0.15, 0.2) is 0 Å². The van der Waals surface area contributed by atoms with Gasteiger partial charge in [0, 0.05) is 6.04 Å². The number of nitrogens with one attached hydrogen (secondary N) is 2. The average Bonchev–Trinajstić information content (AvgIpc) is 3.12. The van der Waals surface area contributed by atoms with Crippen molar-refractivity contribution in [2.75, 3.05) is 0 Å². The Bertz CT molecular complexity index is 721. The van der Waals surface area contributed by atoms with Crippen LogP contribution in [0.4, 0.5) is 13.2 Å². The van der Waals surface area contributed by atoms with Gasteiger partial charge < -0.3 is 5.32 Å². The Balaban J connectivity index is 2.21. The zero-order valence-corrected chi connectivity index (χ0v) is 13.6. The van der Waals surface area contributed by atoms with Gasteiger partial charge in [0.2, 0.25) is 11.6 Å². The predicted octanol–water partition coefficient (Wildman–Crippen LogP) is 1.88. The molecule has 0 aliphatic heterocycles. The maximum Gasteiger partial charge on any atom is 0.451 e. The number of carbonyl (C=O) groups excluding carboxylic acids is 1. The first kappa shape index (κ1) is 17.9. The molecule has 0 saturated heterocycles. The summed E-state index contributed by atoms with van der Waals surface area (Å²) in [5.74, 6) is -1.77. The second-order valence-electron chi connectivity index (χ2n) is 5.52. The molecule has 1 amide bonds. The topological polar surface area (TPSA) is 101 Å². The van der Waals surface area contributed by atoms with Gasteiger partial charge in [-0.2, -0.15) is 22.8 Å². The lowest BCUT2D eigenvalue weighted by molar-refractivity contribution is -0.144. The number of alkyl halides is 3. The maximum atomic E-state index is 12.6. The highest BCUT2D eigenvalue weighted by molar-refractivity contribution is 5.90. The number of amides is 1. The SMILES string of the molecule is CCC(C)C(C)NC(=O)c1nc(C)n(-c2n[nH]c(C(F)(F)F)n2)n1. The summed E-state index contributed by atoms with van der Waals surface area (Å²) >= 11 is 0. The van der Waals surface area contributed by atoms with E-state index in [0.29, 0.717) is 0 Å². The molecule has 0 aliphatic carbocycles. The van der Waals surface area contributed by atoms with Crippen LogP contribution in [0.15, 0.2) is 0 Å². The molecule has 2 atom stereocenters. The third kappa shape index (κ3) is 3.71. The standard InChI is InChI=1S/C13H18F3N7O/c1-5-6(2)7(3)17-10(24)9-18-8(4)23(22-9)12-19-11(20-21-12)13(14,15)16/h6-7H,5H2,1-4H3,(H,17,24)(H,19,20,21). The number of aromatic nitrogens is 6. The molecule has 2 rings (SSSR count). The van der Waals surface area contributed by atoms with Crippen LogP contribution < -0.4 is 5.32 Å². The summed E-state index contributed by atoms with van der Waals surface area (Å²) in [7, 11) is 0. The first-order valence-corrected chi connectivity index (χ1v) is 7.38. The molecule has 2 aromatic heterocycles. The number of rotatable bonds is 5. The number of H-pyrrole nitrogens is 1. The Morgan fingerprint density at radius 2 is 2.00 bits per heavy atom. The number of nitrogens with zero attached hydrogens (tertiary/aromatic N) is 5. The van der Waals surface area contributed by atoms with Crippen molar-refractivity contribution in [2.24, 2.45) is 5.92 Å².